The van der Waals surface area contributed by atoms with Crippen molar-refractivity contribution in [2.24, 2.45) is 11.7 Å². The van der Waals surface area contributed by atoms with Gasteiger partial charge in [-0.1, -0.05) is 13.8 Å². The molecule has 1 aliphatic rings. The van der Waals surface area contributed by atoms with Crippen LogP contribution < -0.4 is 11.1 Å². The van der Waals surface area contributed by atoms with Crippen molar-refractivity contribution in [1.82, 2.24) is 10.2 Å². The Bertz CT molecular complexity index is 294. The molecule has 6 heteroatoms. The van der Waals surface area contributed by atoms with Crippen molar-refractivity contribution in [3.8, 4) is 0 Å². The Morgan fingerprint density at radius 1 is 1.47 bits per heavy atom. The largest absolute Gasteiger partial charge is 0.453 e. The van der Waals surface area contributed by atoms with E-state index >= 15 is 0 Å². The number of carbonyl (C=O) groups is 2. The Kier molecular flexibility index (Phi) is 4.74. The van der Waals surface area contributed by atoms with Gasteiger partial charge in [0.05, 0.1) is 13.3 Å². The highest BCUT2D eigenvalue weighted by molar-refractivity contribution is 5.86. The molecule has 0 aromatic rings. The van der Waals surface area contributed by atoms with Gasteiger partial charge in [-0.05, 0) is 18.8 Å². The quantitative estimate of drug-likeness (QED) is 0.745. The SMILES string of the molecule is COC(=O)N[C@H](C(=O)N1CCC[C@@H]1N)C(C)C. The van der Waals surface area contributed by atoms with Crippen LogP contribution >= 0.6 is 0 Å². The molecule has 1 fully saturated rings. The molecule has 1 aliphatic heterocycles. The van der Waals surface area contributed by atoms with Crippen molar-refractivity contribution >= 4 is 12.0 Å². The summed E-state index contributed by atoms with van der Waals surface area (Å²) < 4.78 is 4.52. The molecule has 0 aromatic heterocycles. The van der Waals surface area contributed by atoms with E-state index in [1.165, 1.54) is 7.11 Å². The molecule has 0 saturated carbocycles. The van der Waals surface area contributed by atoms with Crippen LogP contribution in [0.4, 0.5) is 4.79 Å². The van der Waals surface area contributed by atoms with E-state index in [0.29, 0.717) is 6.54 Å². The molecule has 98 valence electrons. The maximum Gasteiger partial charge on any atom is 0.407 e. The van der Waals surface area contributed by atoms with Gasteiger partial charge in [0.2, 0.25) is 5.91 Å². The third-order valence-corrected chi connectivity index (χ3v) is 2.97. The Balaban J connectivity index is 2.69. The summed E-state index contributed by atoms with van der Waals surface area (Å²) in [5, 5.41) is 2.56. The number of methoxy groups -OCH3 is 1. The average Bonchev–Trinajstić information content (AvgIpc) is 2.70. The van der Waals surface area contributed by atoms with Crippen LogP contribution in [-0.2, 0) is 9.53 Å². The molecular weight excluding hydrogens is 222 g/mol. The predicted molar refractivity (Wildman–Crippen MR) is 63.1 cm³/mol. The topological polar surface area (TPSA) is 84.7 Å². The standard InChI is InChI=1S/C11H21N3O3/c1-7(2)9(13-11(16)17-3)10(15)14-6-4-5-8(14)12/h7-9H,4-6,12H2,1-3H3,(H,13,16)/t8-,9+/m1/s1. The number of carbonyl (C=O) groups excluding carboxylic acids is 2. The van der Waals surface area contributed by atoms with Gasteiger partial charge < -0.3 is 20.7 Å². The molecule has 0 aromatic carbocycles. The van der Waals surface area contributed by atoms with Gasteiger partial charge >= 0.3 is 6.09 Å². The van der Waals surface area contributed by atoms with E-state index in [0.717, 1.165) is 12.8 Å². The lowest BCUT2D eigenvalue weighted by Crippen LogP contribution is -2.54. The summed E-state index contributed by atoms with van der Waals surface area (Å²) >= 11 is 0. The average molecular weight is 243 g/mol. The molecule has 2 amide bonds. The number of hydrogen-bond acceptors (Lipinski definition) is 4. The number of rotatable bonds is 3. The molecular formula is C11H21N3O3. The number of alkyl carbamates (subject to hydrolysis) is 1. The number of nitrogens with zero attached hydrogens (tertiary/aromatic N) is 1. The van der Waals surface area contributed by atoms with Crippen LogP contribution in [0.3, 0.4) is 0 Å². The number of likely N-dealkylation sites (tertiary alicyclic amines) is 1. The Morgan fingerprint density at radius 3 is 2.53 bits per heavy atom. The number of nitrogens with two attached hydrogens (primary N) is 1. The summed E-state index contributed by atoms with van der Waals surface area (Å²) in [5.74, 6) is -0.134. The maximum absolute atomic E-state index is 12.2. The summed E-state index contributed by atoms with van der Waals surface area (Å²) in [6, 6.07) is -0.577. The van der Waals surface area contributed by atoms with E-state index in [1.807, 2.05) is 13.8 Å². The third kappa shape index (κ3) is 3.33. The second-order valence-electron chi connectivity index (χ2n) is 4.60. The van der Waals surface area contributed by atoms with Crippen molar-refractivity contribution in [2.45, 2.75) is 38.9 Å². The van der Waals surface area contributed by atoms with Crippen molar-refractivity contribution in [2.75, 3.05) is 13.7 Å². The van der Waals surface area contributed by atoms with Crippen LogP contribution in [0.2, 0.25) is 0 Å². The molecule has 1 saturated heterocycles. The van der Waals surface area contributed by atoms with Crippen molar-refractivity contribution in [3.63, 3.8) is 0 Å². The maximum atomic E-state index is 12.2. The highest BCUT2D eigenvalue weighted by Gasteiger charge is 2.33. The van der Waals surface area contributed by atoms with Crippen molar-refractivity contribution < 1.29 is 14.3 Å². The van der Waals surface area contributed by atoms with Crippen molar-refractivity contribution in [1.29, 1.82) is 0 Å². The minimum Gasteiger partial charge on any atom is -0.453 e. The van der Waals surface area contributed by atoms with Gasteiger partial charge in [-0.15, -0.1) is 0 Å². The molecule has 0 spiro atoms. The fourth-order valence-corrected chi connectivity index (χ4v) is 1.94. The molecule has 0 radical (unpaired) electrons. The Labute approximate surface area is 101 Å². The highest BCUT2D eigenvalue weighted by atomic mass is 16.5. The fourth-order valence-electron chi connectivity index (χ4n) is 1.94. The summed E-state index contributed by atoms with van der Waals surface area (Å²) in [7, 11) is 1.28. The molecule has 17 heavy (non-hydrogen) atoms. The first-order valence-electron chi connectivity index (χ1n) is 5.88. The minimum absolute atomic E-state index is 0.00519. The molecule has 6 nitrogen and oxygen atoms in total. The lowest BCUT2D eigenvalue weighted by molar-refractivity contribution is -0.135. The fraction of sp³-hybridized carbons (Fsp3) is 0.818. The van der Waals surface area contributed by atoms with E-state index in [9.17, 15) is 9.59 Å². The molecule has 3 N–H and O–H groups in total. The molecule has 1 rings (SSSR count). The number of amides is 2. The predicted octanol–water partition coefficient (Wildman–Crippen LogP) is 0.274. The van der Waals surface area contributed by atoms with E-state index in [4.69, 9.17) is 5.73 Å². The Hall–Kier alpha value is -1.30. The Morgan fingerprint density at radius 2 is 2.12 bits per heavy atom. The van der Waals surface area contributed by atoms with E-state index in [1.54, 1.807) is 4.90 Å². The zero-order valence-corrected chi connectivity index (χ0v) is 10.6. The monoisotopic (exact) mass is 243 g/mol. The van der Waals surface area contributed by atoms with Crippen LogP contribution in [0, 0.1) is 5.92 Å². The number of hydrogen-bond donors (Lipinski definition) is 2. The smallest absolute Gasteiger partial charge is 0.407 e. The summed E-state index contributed by atoms with van der Waals surface area (Å²) in [6.07, 6.45) is 0.901. The zero-order valence-electron chi connectivity index (χ0n) is 10.6. The number of nitrogens with one attached hydrogen (secondary N) is 1. The molecule has 0 aliphatic carbocycles. The summed E-state index contributed by atoms with van der Waals surface area (Å²) in [6.45, 7) is 4.41. The van der Waals surface area contributed by atoms with Crippen LogP contribution in [0.15, 0.2) is 0 Å². The number of ether oxygens (including phenoxy) is 1. The van der Waals surface area contributed by atoms with Crippen LogP contribution in [0.5, 0.6) is 0 Å². The van der Waals surface area contributed by atoms with Gasteiger partial charge in [0.25, 0.3) is 0 Å². The van der Waals surface area contributed by atoms with Crippen LogP contribution in [0.1, 0.15) is 26.7 Å². The summed E-state index contributed by atoms with van der Waals surface area (Å²) in [4.78, 5) is 25.0. The molecule has 0 unspecified atom stereocenters. The van der Waals surface area contributed by atoms with Gasteiger partial charge in [-0.2, -0.15) is 0 Å². The second-order valence-corrected chi connectivity index (χ2v) is 4.60. The van der Waals surface area contributed by atoms with Gasteiger partial charge in [0, 0.05) is 6.54 Å². The van der Waals surface area contributed by atoms with E-state index < -0.39 is 12.1 Å². The van der Waals surface area contributed by atoms with Gasteiger partial charge in [-0.25, -0.2) is 4.79 Å². The third-order valence-electron chi connectivity index (χ3n) is 2.97. The normalized spacial score (nSPS) is 21.5. The van der Waals surface area contributed by atoms with E-state index in [-0.39, 0.29) is 18.0 Å². The first-order chi connectivity index (χ1) is 7.97. The van der Waals surface area contributed by atoms with Gasteiger partial charge in [0.1, 0.15) is 6.04 Å². The van der Waals surface area contributed by atoms with Crippen LogP contribution in [-0.4, -0.2) is 42.8 Å². The lowest BCUT2D eigenvalue weighted by atomic mass is 10.0. The van der Waals surface area contributed by atoms with Gasteiger partial charge in [-0.3, -0.25) is 4.79 Å². The highest BCUT2D eigenvalue weighted by Crippen LogP contribution is 2.16. The summed E-state index contributed by atoms with van der Waals surface area (Å²) in [5.41, 5.74) is 5.84. The van der Waals surface area contributed by atoms with Gasteiger partial charge in [0.15, 0.2) is 0 Å². The molecule has 0 bridgehead atoms. The first-order valence-corrected chi connectivity index (χ1v) is 5.88. The first kappa shape index (κ1) is 13.8. The lowest BCUT2D eigenvalue weighted by Gasteiger charge is -2.28. The van der Waals surface area contributed by atoms with E-state index in [2.05, 4.69) is 10.1 Å². The van der Waals surface area contributed by atoms with Crippen LogP contribution in [0.25, 0.3) is 0 Å². The minimum atomic E-state index is -0.593. The van der Waals surface area contributed by atoms with Crippen molar-refractivity contribution in [3.05, 3.63) is 0 Å². The second kappa shape index (κ2) is 5.86. The molecule has 1 heterocycles. The zero-order chi connectivity index (χ0) is 13.0. The molecule has 2 atom stereocenters.